The van der Waals surface area contributed by atoms with Crippen LogP contribution in [0.4, 0.5) is 0 Å². The van der Waals surface area contributed by atoms with Crippen LogP contribution in [0.1, 0.15) is 35.8 Å². The second-order valence-electron chi connectivity index (χ2n) is 7.21. The van der Waals surface area contributed by atoms with Gasteiger partial charge in [-0.25, -0.2) is 14.5 Å². The number of nitrogens with zero attached hydrogens (tertiary/aromatic N) is 3. The third-order valence-corrected chi connectivity index (χ3v) is 5.04. The maximum absolute atomic E-state index is 12.4. The zero-order valence-electron chi connectivity index (χ0n) is 17.5. The molecule has 156 valence electrons. The Balaban J connectivity index is 1.52. The van der Waals surface area contributed by atoms with Gasteiger partial charge in [-0.15, -0.1) is 0 Å². The molecule has 2 aromatic heterocycles. The zero-order chi connectivity index (χ0) is 22.0. The zero-order valence-corrected chi connectivity index (χ0v) is 17.5. The predicted molar refractivity (Wildman–Crippen MR) is 119 cm³/mol. The van der Waals surface area contributed by atoms with Crippen LogP contribution in [-0.2, 0) is 9.53 Å². The minimum atomic E-state index is -0.705. The molecular formula is C24H22N4O3. The van der Waals surface area contributed by atoms with E-state index in [0.717, 1.165) is 22.6 Å². The molecule has 0 fully saturated rings. The van der Waals surface area contributed by atoms with E-state index in [-0.39, 0.29) is 5.56 Å². The molecule has 0 aliphatic heterocycles. The highest BCUT2D eigenvalue weighted by molar-refractivity contribution is 5.87. The lowest BCUT2D eigenvalue weighted by Gasteiger charge is -2.11. The number of nitrogens with one attached hydrogen (secondary N) is 1. The lowest BCUT2D eigenvalue weighted by atomic mass is 10.2. The normalized spacial score (nSPS) is 12.4. The van der Waals surface area contributed by atoms with Crippen LogP contribution < -0.4 is 5.56 Å². The van der Waals surface area contributed by atoms with Gasteiger partial charge < -0.3 is 9.72 Å². The first-order chi connectivity index (χ1) is 14.9. The second kappa shape index (κ2) is 8.39. The van der Waals surface area contributed by atoms with Crippen molar-refractivity contribution in [2.75, 3.05) is 0 Å². The topological polar surface area (TPSA) is 89.9 Å². The van der Waals surface area contributed by atoms with E-state index in [0.29, 0.717) is 16.7 Å². The van der Waals surface area contributed by atoms with E-state index in [4.69, 9.17) is 4.74 Å². The summed E-state index contributed by atoms with van der Waals surface area (Å²) in [6.07, 6.45) is 2.36. The van der Waals surface area contributed by atoms with E-state index in [2.05, 4.69) is 15.1 Å². The first kappa shape index (κ1) is 20.3. The Labute approximate surface area is 179 Å². The minimum absolute atomic E-state index is 0.265. The molecule has 0 bridgehead atoms. The molecule has 0 unspecified atom stereocenters. The van der Waals surface area contributed by atoms with E-state index < -0.39 is 12.1 Å². The number of fused-ring (bicyclic) bond motifs is 1. The molecule has 0 aliphatic carbocycles. The van der Waals surface area contributed by atoms with Gasteiger partial charge in [0.1, 0.15) is 0 Å². The van der Waals surface area contributed by atoms with Gasteiger partial charge in [0.05, 0.1) is 22.3 Å². The Bertz CT molecular complexity index is 1340. The van der Waals surface area contributed by atoms with Crippen molar-refractivity contribution >= 4 is 22.9 Å². The number of rotatable bonds is 5. The van der Waals surface area contributed by atoms with Crippen LogP contribution >= 0.6 is 0 Å². The summed E-state index contributed by atoms with van der Waals surface area (Å²) in [4.78, 5) is 31.7. The van der Waals surface area contributed by atoms with E-state index >= 15 is 0 Å². The molecule has 0 saturated carbocycles. The Morgan fingerprint density at radius 1 is 1.10 bits per heavy atom. The molecule has 7 heteroatoms. The number of ether oxygens (including phenoxy) is 1. The van der Waals surface area contributed by atoms with Gasteiger partial charge >= 0.3 is 5.97 Å². The number of esters is 1. The van der Waals surface area contributed by atoms with E-state index in [1.807, 2.05) is 48.9 Å². The van der Waals surface area contributed by atoms with Crippen LogP contribution in [0.25, 0.3) is 22.7 Å². The Kier molecular flexibility index (Phi) is 5.49. The largest absolute Gasteiger partial charge is 0.451 e. The molecule has 0 saturated heterocycles. The van der Waals surface area contributed by atoms with Crippen molar-refractivity contribution in [3.63, 3.8) is 0 Å². The quantitative estimate of drug-likeness (QED) is 0.393. The lowest BCUT2D eigenvalue weighted by molar-refractivity contribution is -0.142. The van der Waals surface area contributed by atoms with E-state index in [1.54, 1.807) is 37.3 Å². The minimum Gasteiger partial charge on any atom is -0.451 e. The molecule has 7 nitrogen and oxygen atoms in total. The monoisotopic (exact) mass is 414 g/mol. The fourth-order valence-electron chi connectivity index (χ4n) is 3.43. The number of aromatic nitrogens is 4. The maximum atomic E-state index is 12.4. The molecule has 1 atom stereocenters. The van der Waals surface area contributed by atoms with Crippen LogP contribution in [0.2, 0.25) is 0 Å². The van der Waals surface area contributed by atoms with Crippen LogP contribution in [0.15, 0.2) is 65.5 Å². The maximum Gasteiger partial charge on any atom is 0.331 e. The van der Waals surface area contributed by atoms with Gasteiger partial charge in [-0.05, 0) is 51.1 Å². The first-order valence-corrected chi connectivity index (χ1v) is 9.93. The summed E-state index contributed by atoms with van der Waals surface area (Å²) < 4.78 is 7.29. The van der Waals surface area contributed by atoms with Crippen molar-refractivity contribution in [2.45, 2.75) is 26.9 Å². The number of carbonyl (C=O) groups is 1. The van der Waals surface area contributed by atoms with E-state index in [1.165, 1.54) is 6.08 Å². The van der Waals surface area contributed by atoms with Crippen molar-refractivity contribution in [3.8, 4) is 5.69 Å². The molecule has 31 heavy (non-hydrogen) atoms. The standard InChI is InChI=1S/C24H22N4O3/c1-15-19(16(2)28(27-15)18-9-5-4-6-10-18)13-14-22(29)31-17(3)23-25-21-12-8-7-11-20(21)24(30)26-23/h4-14,17H,1-3H3,(H,25,26,30)/b14-13+/t17-/m1/s1. The molecule has 0 aliphatic rings. The van der Waals surface area contributed by atoms with E-state index in [9.17, 15) is 9.59 Å². The first-order valence-electron chi connectivity index (χ1n) is 9.93. The molecule has 2 aromatic carbocycles. The van der Waals surface area contributed by atoms with Gasteiger partial charge in [-0.2, -0.15) is 5.10 Å². The van der Waals surface area contributed by atoms with Crippen LogP contribution in [0, 0.1) is 13.8 Å². The average molecular weight is 414 g/mol. The number of hydrogen-bond acceptors (Lipinski definition) is 5. The number of H-pyrrole nitrogens is 1. The van der Waals surface area contributed by atoms with Crippen molar-refractivity contribution < 1.29 is 9.53 Å². The Hall–Kier alpha value is -4.00. The number of aromatic amines is 1. The number of benzene rings is 2. The van der Waals surface area contributed by atoms with Crippen LogP contribution in [0.3, 0.4) is 0 Å². The Morgan fingerprint density at radius 3 is 2.58 bits per heavy atom. The van der Waals surface area contributed by atoms with Crippen LogP contribution in [-0.4, -0.2) is 25.7 Å². The predicted octanol–water partition coefficient (Wildman–Crippen LogP) is 4.04. The van der Waals surface area contributed by atoms with Gasteiger partial charge in [0, 0.05) is 17.3 Å². The van der Waals surface area contributed by atoms with Crippen molar-refractivity contribution in [1.29, 1.82) is 0 Å². The summed E-state index contributed by atoms with van der Waals surface area (Å²) in [5.74, 6) is -0.232. The summed E-state index contributed by atoms with van der Waals surface area (Å²) in [5.41, 5.74) is 3.81. The lowest BCUT2D eigenvalue weighted by Crippen LogP contribution is -2.16. The summed E-state index contributed by atoms with van der Waals surface area (Å²) in [6, 6.07) is 16.8. The number of carbonyl (C=O) groups excluding carboxylic acids is 1. The van der Waals surface area contributed by atoms with Gasteiger partial charge in [0.2, 0.25) is 0 Å². The summed E-state index contributed by atoms with van der Waals surface area (Å²) in [7, 11) is 0. The highest BCUT2D eigenvalue weighted by Crippen LogP contribution is 2.20. The molecule has 2 heterocycles. The van der Waals surface area contributed by atoms with Crippen molar-refractivity contribution in [3.05, 3.63) is 93.8 Å². The Morgan fingerprint density at radius 2 is 1.81 bits per heavy atom. The van der Waals surface area contributed by atoms with Crippen molar-refractivity contribution in [2.24, 2.45) is 0 Å². The van der Waals surface area contributed by atoms with Gasteiger partial charge in [-0.3, -0.25) is 4.79 Å². The third kappa shape index (κ3) is 4.16. The molecule has 0 radical (unpaired) electrons. The van der Waals surface area contributed by atoms with Crippen LogP contribution in [0.5, 0.6) is 0 Å². The fraction of sp³-hybridized carbons (Fsp3) is 0.167. The summed E-state index contributed by atoms with van der Waals surface area (Å²) in [5, 5.41) is 5.06. The molecule has 4 aromatic rings. The fourth-order valence-corrected chi connectivity index (χ4v) is 3.43. The van der Waals surface area contributed by atoms with Gasteiger partial charge in [0.15, 0.2) is 11.9 Å². The number of hydrogen-bond donors (Lipinski definition) is 1. The summed E-state index contributed by atoms with van der Waals surface area (Å²) in [6.45, 7) is 5.51. The average Bonchev–Trinajstić information content (AvgIpc) is 3.06. The summed E-state index contributed by atoms with van der Waals surface area (Å²) >= 11 is 0. The van der Waals surface area contributed by atoms with Crippen molar-refractivity contribution in [1.82, 2.24) is 19.7 Å². The van der Waals surface area contributed by atoms with Gasteiger partial charge in [0.25, 0.3) is 5.56 Å². The third-order valence-electron chi connectivity index (χ3n) is 5.04. The highest BCUT2D eigenvalue weighted by Gasteiger charge is 2.15. The molecule has 4 rings (SSSR count). The second-order valence-corrected chi connectivity index (χ2v) is 7.21. The highest BCUT2D eigenvalue weighted by atomic mass is 16.5. The molecule has 1 N–H and O–H groups in total. The molecule has 0 spiro atoms. The molecular weight excluding hydrogens is 392 g/mol. The number of para-hydroxylation sites is 2. The molecule has 0 amide bonds. The number of aryl methyl sites for hydroxylation is 1. The smallest absolute Gasteiger partial charge is 0.331 e. The van der Waals surface area contributed by atoms with Gasteiger partial charge in [-0.1, -0.05) is 30.3 Å². The SMILES string of the molecule is Cc1nn(-c2ccccc2)c(C)c1/C=C/C(=O)O[C@H](C)c1nc2ccccc2c(=O)[nH]1.